The lowest BCUT2D eigenvalue weighted by Gasteiger charge is -2.26. The normalized spacial score (nSPS) is 13.6. The Morgan fingerprint density at radius 1 is 1.14 bits per heavy atom. The maximum atomic E-state index is 12.6. The van der Waals surface area contributed by atoms with Crippen molar-refractivity contribution < 1.29 is 9.53 Å². The predicted molar refractivity (Wildman–Crippen MR) is 108 cm³/mol. The molecule has 0 aliphatic heterocycles. The molecule has 28 heavy (non-hydrogen) atoms. The molecule has 6 heteroatoms. The Kier molecular flexibility index (Phi) is 5.53. The highest BCUT2D eigenvalue weighted by atomic mass is 35.5. The molecule has 0 unspecified atom stereocenters. The van der Waals surface area contributed by atoms with E-state index in [9.17, 15) is 4.79 Å². The fourth-order valence-electron chi connectivity index (χ4n) is 2.93. The number of rotatable bonds is 6. The molecule has 142 valence electrons. The number of hydrogen-bond acceptors (Lipinski definition) is 4. The van der Waals surface area contributed by atoms with Crippen molar-refractivity contribution in [2.75, 3.05) is 0 Å². The Morgan fingerprint density at radius 2 is 1.96 bits per heavy atom. The van der Waals surface area contributed by atoms with Crippen molar-refractivity contribution in [1.29, 1.82) is 0 Å². The van der Waals surface area contributed by atoms with E-state index in [0.29, 0.717) is 23.0 Å². The number of hydrogen-bond donors (Lipinski definition) is 1. The minimum absolute atomic E-state index is 0.197. The largest absolute Gasteiger partial charge is 0.474 e. The number of benzene rings is 1. The lowest BCUT2D eigenvalue weighted by molar-refractivity contribution is 0.0949. The topological polar surface area (TPSA) is 64.1 Å². The van der Waals surface area contributed by atoms with Gasteiger partial charge in [-0.2, -0.15) is 0 Å². The van der Waals surface area contributed by atoms with Gasteiger partial charge in [-0.25, -0.2) is 4.98 Å². The highest BCUT2D eigenvalue weighted by molar-refractivity contribution is 6.30. The zero-order valence-electron chi connectivity index (χ0n) is 15.3. The smallest absolute Gasteiger partial charge is 0.253 e. The van der Waals surface area contributed by atoms with Gasteiger partial charge in [0.25, 0.3) is 5.91 Å². The number of aromatic nitrogens is 2. The average Bonchev–Trinajstić information content (AvgIpc) is 2.70. The number of carbonyl (C=O) groups excluding carboxylic acids is 1. The molecule has 1 aromatic carbocycles. The molecule has 0 bridgehead atoms. The summed E-state index contributed by atoms with van der Waals surface area (Å²) in [6, 6.07) is 14.9. The Bertz CT molecular complexity index is 957. The summed E-state index contributed by atoms with van der Waals surface area (Å²) in [5.41, 5.74) is 2.97. The Hall–Kier alpha value is -2.92. The molecular weight excluding hydrogens is 374 g/mol. The van der Waals surface area contributed by atoms with Gasteiger partial charge in [0.05, 0.1) is 17.8 Å². The third kappa shape index (κ3) is 4.31. The summed E-state index contributed by atoms with van der Waals surface area (Å²) < 4.78 is 6.04. The minimum Gasteiger partial charge on any atom is -0.474 e. The van der Waals surface area contributed by atoms with E-state index in [1.54, 1.807) is 12.4 Å². The summed E-state index contributed by atoms with van der Waals surface area (Å²) in [5.74, 6) is 0.344. The molecule has 1 fully saturated rings. The second-order valence-corrected chi connectivity index (χ2v) is 7.19. The highest BCUT2D eigenvalue weighted by Crippen LogP contribution is 2.33. The first kappa shape index (κ1) is 18.4. The zero-order valence-corrected chi connectivity index (χ0v) is 16.0. The molecular formula is C22H20ClN3O2. The van der Waals surface area contributed by atoms with Gasteiger partial charge in [0.2, 0.25) is 5.88 Å². The van der Waals surface area contributed by atoms with Crippen LogP contribution in [0.1, 0.15) is 35.3 Å². The lowest BCUT2D eigenvalue weighted by atomic mass is 9.96. The Morgan fingerprint density at radius 3 is 2.64 bits per heavy atom. The van der Waals surface area contributed by atoms with E-state index in [2.05, 4.69) is 15.3 Å². The van der Waals surface area contributed by atoms with Crippen molar-refractivity contribution in [2.24, 2.45) is 0 Å². The van der Waals surface area contributed by atoms with E-state index in [4.69, 9.17) is 16.3 Å². The molecule has 4 rings (SSSR count). The minimum atomic E-state index is -0.205. The van der Waals surface area contributed by atoms with Crippen LogP contribution in [0.25, 0.3) is 11.1 Å². The molecule has 0 atom stereocenters. The first-order valence-electron chi connectivity index (χ1n) is 9.30. The molecule has 3 aromatic rings. The standard InChI is InChI=1S/C22H20ClN3O2/c23-17-9-7-15(8-10-17)20-12-16(13-26-22(20)28-19-5-3-6-19)21(27)25-14-18-4-1-2-11-24-18/h1-2,4,7-13,19H,3,5-6,14H2,(H,25,27). The second kappa shape index (κ2) is 8.40. The summed E-state index contributed by atoms with van der Waals surface area (Å²) >= 11 is 6.02. The van der Waals surface area contributed by atoms with E-state index >= 15 is 0 Å². The van der Waals surface area contributed by atoms with Crippen LogP contribution < -0.4 is 10.1 Å². The van der Waals surface area contributed by atoms with Crippen LogP contribution in [0.2, 0.25) is 5.02 Å². The molecule has 1 saturated carbocycles. The molecule has 1 amide bonds. The number of ether oxygens (including phenoxy) is 1. The quantitative estimate of drug-likeness (QED) is 0.661. The van der Waals surface area contributed by atoms with Crippen molar-refractivity contribution in [3.63, 3.8) is 0 Å². The van der Waals surface area contributed by atoms with Crippen LogP contribution in [0.5, 0.6) is 5.88 Å². The Balaban J connectivity index is 1.58. The number of halogens is 1. The highest BCUT2D eigenvalue weighted by Gasteiger charge is 2.22. The van der Waals surface area contributed by atoms with Gasteiger partial charge in [-0.15, -0.1) is 0 Å². The van der Waals surface area contributed by atoms with E-state index in [1.807, 2.05) is 48.5 Å². The van der Waals surface area contributed by atoms with Gasteiger partial charge in [0.15, 0.2) is 0 Å². The summed E-state index contributed by atoms with van der Waals surface area (Å²) in [5, 5.41) is 3.54. The summed E-state index contributed by atoms with van der Waals surface area (Å²) in [4.78, 5) is 21.3. The molecule has 1 aliphatic carbocycles. The third-order valence-electron chi connectivity index (χ3n) is 4.76. The first-order valence-corrected chi connectivity index (χ1v) is 9.67. The second-order valence-electron chi connectivity index (χ2n) is 6.76. The molecule has 2 heterocycles. The van der Waals surface area contributed by atoms with Crippen molar-refractivity contribution in [3.05, 3.63) is 77.2 Å². The number of pyridine rings is 2. The van der Waals surface area contributed by atoms with Crippen molar-refractivity contribution >= 4 is 17.5 Å². The van der Waals surface area contributed by atoms with Gasteiger partial charge in [0, 0.05) is 23.0 Å². The third-order valence-corrected chi connectivity index (χ3v) is 5.01. The molecule has 0 spiro atoms. The average molecular weight is 394 g/mol. The molecule has 0 radical (unpaired) electrons. The van der Waals surface area contributed by atoms with Gasteiger partial charge in [-0.1, -0.05) is 29.8 Å². The summed E-state index contributed by atoms with van der Waals surface area (Å²) in [6.07, 6.45) is 6.70. The van der Waals surface area contributed by atoms with Crippen LogP contribution in [0.4, 0.5) is 0 Å². The van der Waals surface area contributed by atoms with Gasteiger partial charge in [-0.3, -0.25) is 9.78 Å². The monoisotopic (exact) mass is 393 g/mol. The molecule has 2 aromatic heterocycles. The van der Waals surface area contributed by atoms with Gasteiger partial charge < -0.3 is 10.1 Å². The maximum absolute atomic E-state index is 12.6. The van der Waals surface area contributed by atoms with E-state index < -0.39 is 0 Å². The van der Waals surface area contributed by atoms with Crippen LogP contribution in [-0.4, -0.2) is 22.0 Å². The maximum Gasteiger partial charge on any atom is 0.253 e. The number of carbonyl (C=O) groups is 1. The molecule has 0 saturated heterocycles. The number of nitrogens with one attached hydrogen (secondary N) is 1. The summed E-state index contributed by atoms with van der Waals surface area (Å²) in [6.45, 7) is 0.357. The molecule has 1 aliphatic rings. The van der Waals surface area contributed by atoms with Crippen molar-refractivity contribution in [3.8, 4) is 17.0 Å². The lowest BCUT2D eigenvalue weighted by Crippen LogP contribution is -2.26. The Labute approximate surface area is 168 Å². The van der Waals surface area contributed by atoms with E-state index in [0.717, 1.165) is 29.7 Å². The van der Waals surface area contributed by atoms with E-state index in [-0.39, 0.29) is 12.0 Å². The molecule has 1 N–H and O–H groups in total. The van der Waals surface area contributed by atoms with Gasteiger partial charge in [0.1, 0.15) is 6.10 Å². The number of nitrogens with zero attached hydrogens (tertiary/aromatic N) is 2. The van der Waals surface area contributed by atoms with Crippen LogP contribution >= 0.6 is 11.6 Å². The summed E-state index contributed by atoms with van der Waals surface area (Å²) in [7, 11) is 0. The van der Waals surface area contributed by atoms with Crippen molar-refractivity contribution in [1.82, 2.24) is 15.3 Å². The fraction of sp³-hybridized carbons (Fsp3) is 0.227. The van der Waals surface area contributed by atoms with Crippen LogP contribution in [-0.2, 0) is 6.54 Å². The fourth-order valence-corrected chi connectivity index (χ4v) is 3.05. The zero-order chi connectivity index (χ0) is 19.3. The predicted octanol–water partition coefficient (Wildman–Crippen LogP) is 4.66. The number of amides is 1. The first-order chi connectivity index (χ1) is 13.7. The van der Waals surface area contributed by atoms with Crippen LogP contribution in [0, 0.1) is 0 Å². The van der Waals surface area contributed by atoms with Crippen LogP contribution in [0.3, 0.4) is 0 Å². The van der Waals surface area contributed by atoms with Crippen molar-refractivity contribution in [2.45, 2.75) is 31.9 Å². The van der Waals surface area contributed by atoms with Crippen LogP contribution in [0.15, 0.2) is 60.9 Å². The van der Waals surface area contributed by atoms with Gasteiger partial charge in [-0.05, 0) is 55.2 Å². The SMILES string of the molecule is O=C(NCc1ccccn1)c1cnc(OC2CCC2)c(-c2ccc(Cl)cc2)c1. The van der Waals surface area contributed by atoms with E-state index in [1.165, 1.54) is 6.42 Å². The van der Waals surface area contributed by atoms with Gasteiger partial charge >= 0.3 is 0 Å². The molecule has 5 nitrogen and oxygen atoms in total.